The largest absolute Gasteiger partial charge is 0.478 e. The van der Waals surface area contributed by atoms with Crippen LogP contribution < -0.4 is 16.9 Å². The number of carbonyl (C=O) groups excluding carboxylic acids is 7. The van der Waals surface area contributed by atoms with Crippen molar-refractivity contribution in [2.24, 2.45) is 5.73 Å². The maximum absolute atomic E-state index is 13.3. The summed E-state index contributed by atoms with van der Waals surface area (Å²) in [5.41, 5.74) is 18.4. The molecule has 1 aliphatic rings. The molecule has 0 atom stereocenters. The van der Waals surface area contributed by atoms with Crippen LogP contribution in [0.5, 0.6) is 0 Å². The molecule has 13 aromatic rings. The van der Waals surface area contributed by atoms with Crippen molar-refractivity contribution in [3.05, 3.63) is 352 Å². The van der Waals surface area contributed by atoms with Crippen LogP contribution in [0.2, 0.25) is 0 Å². The molecule has 6 heterocycles. The van der Waals surface area contributed by atoms with Crippen molar-refractivity contribution in [2.45, 2.75) is 128 Å². The Morgan fingerprint density at radius 2 is 0.833 bits per heavy atom. The zero-order chi connectivity index (χ0) is 83.0. The van der Waals surface area contributed by atoms with Crippen molar-refractivity contribution in [1.29, 1.82) is 0 Å². The second kappa shape index (κ2) is 37.2. The number of pyridine rings is 2. The molecule has 582 valence electrons. The second-order valence-electron chi connectivity index (χ2n) is 29.0. The average Bonchev–Trinajstić information content (AvgIpc) is 1.61. The summed E-state index contributed by atoms with van der Waals surface area (Å²) in [6.07, 6.45) is 9.91. The fraction of sp³-hybridized carbons (Fsp3) is 0.204. The number of ether oxygens (including phenoxy) is 2. The summed E-state index contributed by atoms with van der Waals surface area (Å²) in [5.74, 6) is -2.34. The summed E-state index contributed by atoms with van der Waals surface area (Å²) in [5, 5.41) is 11.9. The summed E-state index contributed by atoms with van der Waals surface area (Å²) < 4.78 is 15.6. The van der Waals surface area contributed by atoms with E-state index in [1.165, 1.54) is 4.57 Å². The lowest BCUT2D eigenvalue weighted by Gasteiger charge is -2.19. The Labute approximate surface area is 665 Å². The van der Waals surface area contributed by atoms with Crippen LogP contribution in [0.4, 0.5) is 0 Å². The number of benzene rings is 7. The van der Waals surface area contributed by atoms with Gasteiger partial charge in [0, 0.05) is 120 Å². The molecule has 0 unspecified atom stereocenters. The predicted molar refractivity (Wildman–Crippen MR) is 448 cm³/mol. The Morgan fingerprint density at radius 3 is 1.22 bits per heavy atom. The molecule has 0 amide bonds. The lowest BCUT2D eigenvalue weighted by atomic mass is 9.99. The molecule has 14 rings (SSSR count). The van der Waals surface area contributed by atoms with Gasteiger partial charge in [-0.2, -0.15) is 0 Å². The van der Waals surface area contributed by atoms with Gasteiger partial charge in [-0.3, -0.25) is 47.3 Å². The molecule has 0 spiro atoms. The van der Waals surface area contributed by atoms with Gasteiger partial charge in [-0.15, -0.1) is 0 Å². The number of aryl methyl sites for hydroxylation is 5. The number of carboxylic acids is 1. The number of hydrogen-bond donors (Lipinski definition) is 5. The third-order valence-corrected chi connectivity index (χ3v) is 18.5. The molecule has 0 saturated carbocycles. The van der Waals surface area contributed by atoms with Crippen LogP contribution in [0.15, 0.2) is 240 Å². The van der Waals surface area contributed by atoms with Gasteiger partial charge >= 0.3 is 23.2 Å². The van der Waals surface area contributed by atoms with Crippen LogP contribution in [-0.2, 0) is 27.2 Å². The number of allylic oxidation sites excluding steroid dienone is 6. The third kappa shape index (κ3) is 20.3. The monoisotopic (exact) mass is 1550 g/mol. The van der Waals surface area contributed by atoms with Crippen LogP contribution in [0.1, 0.15) is 177 Å². The Hall–Kier alpha value is -13.3. The molecule has 1 aliphatic carbocycles. The fourth-order valence-electron chi connectivity index (χ4n) is 13.3. The van der Waals surface area contributed by atoms with E-state index in [9.17, 15) is 53.1 Å². The molecule has 0 bridgehead atoms. The lowest BCUT2D eigenvalue weighted by Crippen LogP contribution is -2.24. The van der Waals surface area contributed by atoms with Crippen LogP contribution in [-0.4, -0.2) is 91.6 Å². The van der Waals surface area contributed by atoms with E-state index in [0.29, 0.717) is 102 Å². The van der Waals surface area contributed by atoms with Crippen LogP contribution >= 0.6 is 11.6 Å². The van der Waals surface area contributed by atoms with Gasteiger partial charge in [0.2, 0.25) is 0 Å². The number of esters is 2. The molecule has 6 aromatic heterocycles. The molecule has 21 heteroatoms. The third-order valence-electron chi connectivity index (χ3n) is 18.3. The van der Waals surface area contributed by atoms with E-state index in [2.05, 4.69) is 21.0 Å². The quantitative estimate of drug-likeness (QED) is 0.0329. The van der Waals surface area contributed by atoms with Gasteiger partial charge in [0.1, 0.15) is 28.9 Å². The number of hydrogen-bond acceptors (Lipinski definition) is 13. The highest BCUT2D eigenvalue weighted by atomic mass is 35.5. The summed E-state index contributed by atoms with van der Waals surface area (Å²) >= 11 is 5.14. The van der Waals surface area contributed by atoms with Crippen molar-refractivity contribution in [3.63, 3.8) is 0 Å². The number of nitrogens with zero attached hydrogens (tertiary/aromatic N) is 3. The number of nitrogens with two attached hydrogens (primary N) is 1. The van der Waals surface area contributed by atoms with E-state index >= 15 is 0 Å². The first-order chi connectivity index (χ1) is 54.1. The maximum Gasteiger partial charge on any atom is 0.341 e. The number of halogens is 1. The number of carbonyl (C=O) groups is 8. The van der Waals surface area contributed by atoms with Crippen LogP contribution in [0.3, 0.4) is 0 Å². The molecule has 6 N–H and O–H groups in total. The number of rotatable bonds is 12. The zero-order valence-electron chi connectivity index (χ0n) is 66.1. The molecule has 114 heavy (non-hydrogen) atoms. The Morgan fingerprint density at radius 1 is 0.465 bits per heavy atom. The van der Waals surface area contributed by atoms with E-state index in [1.54, 1.807) is 127 Å². The minimum absolute atomic E-state index is 0.0648. The zero-order valence-corrected chi connectivity index (χ0v) is 66.9. The molecular weight excluding hydrogens is 1460 g/mol. The highest BCUT2D eigenvalue weighted by molar-refractivity contribution is 6.68. The van der Waals surface area contributed by atoms with Gasteiger partial charge in [0.05, 0.1) is 39.3 Å². The van der Waals surface area contributed by atoms with Gasteiger partial charge in [0.25, 0.3) is 28.8 Å². The topological polar surface area (TPSA) is 298 Å². The maximum atomic E-state index is 13.3. The van der Waals surface area contributed by atoms with Crippen molar-refractivity contribution < 1.29 is 52.9 Å². The molecule has 0 fully saturated rings. The van der Waals surface area contributed by atoms with Gasteiger partial charge in [-0.05, 0) is 199 Å². The number of H-pyrrole nitrogens is 3. The summed E-state index contributed by atoms with van der Waals surface area (Å²) in [6.45, 7) is 26.0. The van der Waals surface area contributed by atoms with Crippen LogP contribution in [0.25, 0.3) is 43.6 Å². The number of aromatic nitrogens is 6. The number of aromatic amines is 3. The second-order valence-corrected chi connectivity index (χ2v) is 29.4. The van der Waals surface area contributed by atoms with E-state index < -0.39 is 28.4 Å². The average molecular weight is 1550 g/mol. The highest BCUT2D eigenvalue weighted by Crippen LogP contribution is 2.33. The number of para-hydroxylation sites is 4. The summed E-state index contributed by atoms with van der Waals surface area (Å²) in [7, 11) is 0. The SMILES string of the molecule is Cc1[nH]c2ccccc2c1C(=O)OC(C)(C)C.Cc1c(C(=O)O)c2ccccc2n1C(=O)c1ccccc1.Cc1c(C(=O)OC(C)(C)C)c2ccccc2n1C(=O)c1ccccc1.Cc1cc(C)c(CCC(=O)c2c(C)n(C(=O)c3ccccc3)c3ccccc23)c(=O)[nH]1.Cc1cc(C)c(CN)c(=O)[nH]1.O=C(Cl)C1=CC=C[C+]=C1. The van der Waals surface area contributed by atoms with E-state index in [4.69, 9.17) is 26.8 Å². The van der Waals surface area contributed by atoms with E-state index in [1.807, 2.05) is 204 Å². The van der Waals surface area contributed by atoms with Gasteiger partial charge in [-0.25, -0.2) is 14.4 Å². The van der Waals surface area contributed by atoms with Gasteiger partial charge in [-0.1, -0.05) is 127 Å². The summed E-state index contributed by atoms with van der Waals surface area (Å²) in [4.78, 5) is 131. The van der Waals surface area contributed by atoms with Crippen molar-refractivity contribution in [3.8, 4) is 0 Å². The number of fused-ring (bicyclic) bond motifs is 4. The minimum atomic E-state index is -1.02. The Balaban J connectivity index is 0.000000163. The normalized spacial score (nSPS) is 11.4. The fourth-order valence-corrected chi connectivity index (χ4v) is 13.4. The van der Waals surface area contributed by atoms with Crippen molar-refractivity contribution in [2.75, 3.05) is 0 Å². The number of aromatic carboxylic acids is 1. The standard InChI is InChI=1S/C26H24N2O3.C21H21NO3.C17H13NO3.C14H17NO2.C8H12N2O.C7H4ClO/c1-16-15-17(2)27-25(30)20(16)13-14-23(29)24-18(3)28(22-12-8-7-11-21(22)24)26(31)19-9-5-4-6-10-19;1-14-18(20(24)25-21(2,3)4)16-12-8-9-13-17(16)22(14)19(23)15-10-6-5-7-11-15;1-11-15(17(20)21)13-9-5-6-10-14(13)18(11)16(19)12-7-3-2-4-8-12;1-9-12(13(16)17-14(2,3)4)10-7-5-6-8-11(10)15-9;1-5-3-6(2)10-8(11)7(5)4-9;8-7(9)6-4-2-1-3-5-6/h4-12,15H,13-14H2,1-3H3,(H,27,30);5-13H,1-4H3;2-10H,1H3,(H,20,21);5-8,15H,1-4H3;3H,4,9H2,1-2H3,(H,10,11);1-2,4-5H/q;;;;;+1. The number of nitrogens with one attached hydrogen (secondary N) is 3. The van der Waals surface area contributed by atoms with Crippen molar-refractivity contribution >= 4 is 102 Å². The smallest absolute Gasteiger partial charge is 0.341 e. The predicted octanol–water partition coefficient (Wildman–Crippen LogP) is 18.2. The molecule has 0 aliphatic heterocycles. The first kappa shape index (κ1) is 84.8. The number of ketones is 1. The van der Waals surface area contributed by atoms with Crippen molar-refractivity contribution in [1.82, 2.24) is 28.7 Å². The molecule has 0 saturated heterocycles. The van der Waals surface area contributed by atoms with Gasteiger partial charge < -0.3 is 35.3 Å². The summed E-state index contributed by atoms with van der Waals surface area (Å²) in [6, 6.07) is 60.4. The highest BCUT2D eigenvalue weighted by Gasteiger charge is 2.30. The number of Topliss-reactive ketones (excluding diaryl/α,β-unsaturated/α-hetero) is 1. The first-order valence-electron chi connectivity index (χ1n) is 36.8. The molecular formula is C93H91ClN7O13+. The lowest BCUT2D eigenvalue weighted by molar-refractivity contribution is -0.108. The van der Waals surface area contributed by atoms with E-state index in [0.717, 1.165) is 49.9 Å². The molecule has 0 radical (unpaired) electrons. The molecule has 20 nitrogen and oxygen atoms in total. The Kier molecular flexibility index (Phi) is 27.6. The van der Waals surface area contributed by atoms with Gasteiger partial charge in [0.15, 0.2) is 5.78 Å². The van der Waals surface area contributed by atoms with Crippen LogP contribution in [0, 0.1) is 61.5 Å². The minimum Gasteiger partial charge on any atom is -0.478 e. The number of carboxylic acid groups (broad SMARTS) is 1. The molecule has 7 aromatic carbocycles. The first-order valence-corrected chi connectivity index (χ1v) is 37.1. The van der Waals surface area contributed by atoms with E-state index in [-0.39, 0.29) is 52.6 Å². The Bertz CT molecular complexity index is 6030.